The van der Waals surface area contributed by atoms with Crippen molar-refractivity contribution in [3.05, 3.63) is 59.8 Å². The van der Waals surface area contributed by atoms with E-state index in [1.807, 2.05) is 6.92 Å². The van der Waals surface area contributed by atoms with Gasteiger partial charge in [-0.1, -0.05) is 18.2 Å². The number of nitrogens with one attached hydrogen (secondary N) is 1. The van der Waals surface area contributed by atoms with Crippen LogP contribution >= 0.6 is 0 Å². The Balaban J connectivity index is 1.98. The Morgan fingerprint density at radius 3 is 2.34 bits per heavy atom. The third-order valence-corrected chi connectivity index (χ3v) is 4.48. The molecule has 0 fully saturated rings. The van der Waals surface area contributed by atoms with Crippen molar-refractivity contribution >= 4 is 23.1 Å². The zero-order chi connectivity index (χ0) is 23.3. The van der Waals surface area contributed by atoms with Gasteiger partial charge in [0.05, 0.1) is 25.3 Å². The zero-order valence-electron chi connectivity index (χ0n) is 17.4. The molecule has 170 valence electrons. The summed E-state index contributed by atoms with van der Waals surface area (Å²) in [4.78, 5) is 27.0. The van der Waals surface area contributed by atoms with Gasteiger partial charge in [-0.15, -0.1) is 13.2 Å². The van der Waals surface area contributed by atoms with Crippen molar-refractivity contribution in [2.75, 3.05) is 32.2 Å². The van der Waals surface area contributed by atoms with Gasteiger partial charge in [0.2, 0.25) is 0 Å². The van der Waals surface area contributed by atoms with Gasteiger partial charge in [-0.05, 0) is 36.8 Å². The number of hydrogen-bond acceptors (Lipinski definition) is 6. The Hall–Kier alpha value is -3.53. The van der Waals surface area contributed by atoms with Gasteiger partial charge < -0.3 is 19.5 Å². The summed E-state index contributed by atoms with van der Waals surface area (Å²) in [6, 6.07) is 11.6. The van der Waals surface area contributed by atoms with Crippen LogP contribution < -0.4 is 14.8 Å². The highest BCUT2D eigenvalue weighted by Crippen LogP contribution is 2.32. The Bertz CT molecular complexity index is 1020. The molecule has 2 aromatic carbocycles. The molecule has 0 spiro atoms. The van der Waals surface area contributed by atoms with Crippen LogP contribution in [0.25, 0.3) is 5.57 Å². The SMILES string of the molecule is CCOc1ccc(C2=C(Nc3cccc(OC(F)(F)F)c3)C(=O)N(CCOC)C2=O)cc1. The predicted molar refractivity (Wildman–Crippen MR) is 110 cm³/mol. The first-order valence-electron chi connectivity index (χ1n) is 9.69. The quantitative estimate of drug-likeness (QED) is 0.586. The summed E-state index contributed by atoms with van der Waals surface area (Å²) >= 11 is 0. The van der Waals surface area contributed by atoms with Crippen molar-refractivity contribution < 1.29 is 37.0 Å². The Morgan fingerprint density at radius 1 is 1.00 bits per heavy atom. The number of nitrogens with zero attached hydrogens (tertiary/aromatic N) is 1. The molecule has 0 saturated carbocycles. The van der Waals surface area contributed by atoms with Gasteiger partial charge >= 0.3 is 6.36 Å². The van der Waals surface area contributed by atoms with Crippen molar-refractivity contribution in [3.8, 4) is 11.5 Å². The average Bonchev–Trinajstić information content (AvgIpc) is 2.96. The van der Waals surface area contributed by atoms with Crippen LogP contribution in [-0.4, -0.2) is 49.9 Å². The topological polar surface area (TPSA) is 77.1 Å². The number of ether oxygens (including phenoxy) is 3. The van der Waals surface area contributed by atoms with Gasteiger partial charge in [0.1, 0.15) is 17.2 Å². The van der Waals surface area contributed by atoms with E-state index >= 15 is 0 Å². The third-order valence-electron chi connectivity index (χ3n) is 4.48. The third kappa shape index (κ3) is 5.38. The lowest BCUT2D eigenvalue weighted by molar-refractivity contribution is -0.274. The Morgan fingerprint density at radius 2 is 1.72 bits per heavy atom. The lowest BCUT2D eigenvalue weighted by Gasteiger charge is -2.15. The fourth-order valence-electron chi connectivity index (χ4n) is 3.15. The molecule has 10 heteroatoms. The number of rotatable bonds is 9. The normalized spacial score (nSPS) is 14.2. The number of amides is 2. The van der Waals surface area contributed by atoms with Crippen molar-refractivity contribution in [2.24, 2.45) is 0 Å². The molecule has 0 aromatic heterocycles. The van der Waals surface area contributed by atoms with Crippen molar-refractivity contribution in [3.63, 3.8) is 0 Å². The van der Waals surface area contributed by atoms with E-state index in [2.05, 4.69) is 10.1 Å². The van der Waals surface area contributed by atoms with Crippen molar-refractivity contribution in [2.45, 2.75) is 13.3 Å². The molecule has 2 amide bonds. The predicted octanol–water partition coefficient (Wildman–Crippen LogP) is 3.82. The number of imide groups is 1. The van der Waals surface area contributed by atoms with Crippen molar-refractivity contribution in [1.82, 2.24) is 4.90 Å². The van der Waals surface area contributed by atoms with E-state index in [9.17, 15) is 22.8 Å². The summed E-state index contributed by atoms with van der Waals surface area (Å²) in [5.41, 5.74) is 0.646. The molecule has 3 rings (SSSR count). The number of alkyl halides is 3. The molecule has 0 aliphatic carbocycles. The van der Waals surface area contributed by atoms with Crippen LogP contribution in [0.15, 0.2) is 54.2 Å². The fraction of sp³-hybridized carbons (Fsp3) is 0.273. The summed E-state index contributed by atoms with van der Waals surface area (Å²) in [5, 5.41) is 2.79. The van der Waals surface area contributed by atoms with Gasteiger partial charge in [0.15, 0.2) is 0 Å². The summed E-state index contributed by atoms with van der Waals surface area (Å²) < 4.78 is 52.0. The monoisotopic (exact) mass is 450 g/mol. The Kier molecular flexibility index (Phi) is 7.04. The van der Waals surface area contributed by atoms with E-state index in [1.165, 1.54) is 19.2 Å². The molecule has 0 bridgehead atoms. The summed E-state index contributed by atoms with van der Waals surface area (Å²) in [7, 11) is 1.44. The van der Waals surface area contributed by atoms with Crippen LogP contribution in [0, 0.1) is 0 Å². The van der Waals surface area contributed by atoms with E-state index in [-0.39, 0.29) is 30.1 Å². The molecular weight excluding hydrogens is 429 g/mol. The molecule has 1 heterocycles. The highest BCUT2D eigenvalue weighted by Gasteiger charge is 2.39. The minimum absolute atomic E-state index is 0.0249. The van der Waals surface area contributed by atoms with Gasteiger partial charge in [-0.2, -0.15) is 0 Å². The molecule has 0 unspecified atom stereocenters. The second-order valence-electron chi connectivity index (χ2n) is 6.66. The van der Waals surface area contributed by atoms with E-state index in [0.717, 1.165) is 17.0 Å². The first kappa shape index (κ1) is 23.1. The van der Waals surface area contributed by atoms with E-state index in [4.69, 9.17) is 9.47 Å². The minimum atomic E-state index is -4.86. The largest absolute Gasteiger partial charge is 0.573 e. The van der Waals surface area contributed by atoms with Gasteiger partial charge in [0.25, 0.3) is 11.8 Å². The van der Waals surface area contributed by atoms with Crippen LogP contribution in [0.5, 0.6) is 11.5 Å². The van der Waals surface area contributed by atoms with E-state index in [1.54, 1.807) is 24.3 Å². The maximum atomic E-state index is 13.0. The minimum Gasteiger partial charge on any atom is -0.494 e. The molecule has 2 aromatic rings. The first-order chi connectivity index (χ1) is 15.2. The van der Waals surface area contributed by atoms with E-state index in [0.29, 0.717) is 17.9 Å². The van der Waals surface area contributed by atoms with Crippen LogP contribution in [0.3, 0.4) is 0 Å². The van der Waals surface area contributed by atoms with Crippen LogP contribution in [0.2, 0.25) is 0 Å². The number of anilines is 1. The molecule has 7 nitrogen and oxygen atoms in total. The molecule has 0 atom stereocenters. The molecule has 1 aliphatic rings. The Labute approximate surface area is 182 Å². The number of benzene rings is 2. The number of halogens is 3. The van der Waals surface area contributed by atoms with Crippen LogP contribution in [-0.2, 0) is 14.3 Å². The van der Waals surface area contributed by atoms with Gasteiger partial charge in [-0.25, -0.2) is 0 Å². The van der Waals surface area contributed by atoms with Crippen LogP contribution in [0.4, 0.5) is 18.9 Å². The molecule has 32 heavy (non-hydrogen) atoms. The smallest absolute Gasteiger partial charge is 0.494 e. The lowest BCUT2D eigenvalue weighted by Crippen LogP contribution is -2.35. The molecule has 1 N–H and O–H groups in total. The number of methoxy groups -OCH3 is 1. The first-order valence-corrected chi connectivity index (χ1v) is 9.69. The highest BCUT2D eigenvalue weighted by atomic mass is 19.4. The van der Waals surface area contributed by atoms with Crippen LogP contribution in [0.1, 0.15) is 12.5 Å². The number of carbonyl (C=O) groups is 2. The molecule has 0 saturated heterocycles. The maximum absolute atomic E-state index is 13.0. The fourth-order valence-corrected chi connectivity index (χ4v) is 3.15. The maximum Gasteiger partial charge on any atom is 0.573 e. The zero-order valence-corrected chi connectivity index (χ0v) is 17.4. The number of hydrogen-bond donors (Lipinski definition) is 1. The highest BCUT2D eigenvalue weighted by molar-refractivity contribution is 6.36. The summed E-state index contributed by atoms with van der Waals surface area (Å²) in [6.45, 7) is 2.46. The van der Waals surface area contributed by atoms with E-state index < -0.39 is 23.9 Å². The number of carbonyl (C=O) groups excluding carboxylic acids is 2. The molecule has 1 aliphatic heterocycles. The average molecular weight is 450 g/mol. The second kappa shape index (κ2) is 9.73. The second-order valence-corrected chi connectivity index (χ2v) is 6.66. The lowest BCUT2D eigenvalue weighted by atomic mass is 10.0. The molecular formula is C22H21F3N2O5. The summed E-state index contributed by atoms with van der Waals surface area (Å²) in [5.74, 6) is -1.02. The van der Waals surface area contributed by atoms with Gasteiger partial charge in [0, 0.05) is 18.9 Å². The van der Waals surface area contributed by atoms with Crippen molar-refractivity contribution in [1.29, 1.82) is 0 Å². The van der Waals surface area contributed by atoms with Gasteiger partial charge in [-0.3, -0.25) is 14.5 Å². The standard InChI is InChI=1S/C22H21F3N2O5/c1-3-31-16-9-7-14(8-10-16)18-19(21(29)27(20(18)28)11-12-30-2)26-15-5-4-6-17(13-15)32-22(23,24)25/h4-10,13,26H,3,11-12H2,1-2H3. The summed E-state index contributed by atoms with van der Waals surface area (Å²) in [6.07, 6.45) is -4.86. The molecule has 0 radical (unpaired) electrons.